The number of carbonyl (C=O) groups is 1. The molecule has 7 heteroatoms. The van der Waals surface area contributed by atoms with Crippen molar-refractivity contribution < 1.29 is 19.0 Å². The molecule has 0 saturated heterocycles. The number of para-hydroxylation sites is 2. The predicted octanol–water partition coefficient (Wildman–Crippen LogP) is 4.46. The van der Waals surface area contributed by atoms with Gasteiger partial charge in [0.15, 0.2) is 23.0 Å². The molecule has 1 aromatic heterocycles. The van der Waals surface area contributed by atoms with Gasteiger partial charge in [-0.3, -0.25) is 0 Å². The third-order valence-corrected chi connectivity index (χ3v) is 4.30. The maximum atomic E-state index is 12.6. The molecule has 0 radical (unpaired) electrons. The third kappa shape index (κ3) is 5.17. The van der Waals surface area contributed by atoms with Gasteiger partial charge in [0.1, 0.15) is 0 Å². The lowest BCUT2D eigenvalue weighted by Crippen LogP contribution is -2.16. The Balaban J connectivity index is 1.87. The van der Waals surface area contributed by atoms with Crippen LogP contribution in [0.4, 0.5) is 5.82 Å². The molecule has 7 nitrogen and oxygen atoms in total. The summed E-state index contributed by atoms with van der Waals surface area (Å²) in [4.78, 5) is 21.7. The first-order valence-corrected chi connectivity index (χ1v) is 9.99. The molecule has 2 aromatic carbocycles. The van der Waals surface area contributed by atoms with Crippen molar-refractivity contribution in [2.75, 3.05) is 25.6 Å². The van der Waals surface area contributed by atoms with Crippen LogP contribution in [-0.2, 0) is 11.3 Å². The van der Waals surface area contributed by atoms with Crippen LogP contribution >= 0.6 is 0 Å². The van der Waals surface area contributed by atoms with Crippen molar-refractivity contribution in [3.63, 3.8) is 0 Å². The third-order valence-electron chi connectivity index (χ3n) is 4.30. The van der Waals surface area contributed by atoms with Crippen LogP contribution in [0, 0.1) is 5.92 Å². The quantitative estimate of drug-likeness (QED) is 0.522. The Morgan fingerprint density at radius 2 is 1.80 bits per heavy atom. The topological polar surface area (TPSA) is 82.6 Å². The molecule has 0 saturated carbocycles. The lowest BCUT2D eigenvalue weighted by atomic mass is 10.2. The first-order valence-electron chi connectivity index (χ1n) is 9.99. The molecule has 3 aromatic rings. The van der Waals surface area contributed by atoms with Gasteiger partial charge >= 0.3 is 5.97 Å². The number of benzene rings is 2. The maximum absolute atomic E-state index is 12.6. The smallest absolute Gasteiger partial charge is 0.360 e. The lowest BCUT2D eigenvalue weighted by molar-refractivity contribution is 0.0453. The van der Waals surface area contributed by atoms with Gasteiger partial charge in [0, 0.05) is 6.54 Å². The van der Waals surface area contributed by atoms with E-state index in [9.17, 15) is 4.79 Å². The van der Waals surface area contributed by atoms with Gasteiger partial charge in [0.2, 0.25) is 0 Å². The summed E-state index contributed by atoms with van der Waals surface area (Å²) in [5, 5.41) is 3.22. The number of nitrogens with zero attached hydrogens (tertiary/aromatic N) is 2. The van der Waals surface area contributed by atoms with E-state index in [0.29, 0.717) is 48.1 Å². The minimum Gasteiger partial charge on any atom is -0.493 e. The largest absolute Gasteiger partial charge is 0.493 e. The Hall–Kier alpha value is -3.35. The van der Waals surface area contributed by atoms with E-state index in [0.717, 1.165) is 5.56 Å². The van der Waals surface area contributed by atoms with E-state index in [2.05, 4.69) is 15.3 Å². The lowest BCUT2D eigenvalue weighted by Gasteiger charge is -2.14. The molecule has 0 fully saturated rings. The molecule has 1 heterocycles. The van der Waals surface area contributed by atoms with E-state index in [1.807, 2.05) is 63.2 Å². The number of methoxy groups -OCH3 is 1. The van der Waals surface area contributed by atoms with E-state index in [1.165, 1.54) is 0 Å². The standard InChI is InChI=1S/C23H27N3O4/c1-5-29-19-11-10-16(12-20(19)28-4)13-24-22-21(23(27)30-14-15(2)3)25-17-8-6-7-9-18(17)26-22/h6-12,15H,5,13-14H2,1-4H3,(H,24,26). The number of rotatable bonds is 9. The minimum atomic E-state index is -0.492. The molecule has 158 valence electrons. The van der Waals surface area contributed by atoms with Crippen LogP contribution in [0.5, 0.6) is 11.5 Å². The highest BCUT2D eigenvalue weighted by Gasteiger charge is 2.18. The Bertz CT molecular complexity index is 1020. The monoisotopic (exact) mass is 409 g/mol. The molecule has 0 spiro atoms. The van der Waals surface area contributed by atoms with Crippen molar-refractivity contribution in [1.29, 1.82) is 0 Å². The fraction of sp³-hybridized carbons (Fsp3) is 0.348. The van der Waals surface area contributed by atoms with E-state index in [1.54, 1.807) is 7.11 Å². The summed E-state index contributed by atoms with van der Waals surface area (Å²) in [5.74, 6) is 1.46. The van der Waals surface area contributed by atoms with E-state index in [4.69, 9.17) is 14.2 Å². The first-order chi connectivity index (χ1) is 14.5. The van der Waals surface area contributed by atoms with Crippen LogP contribution in [0.25, 0.3) is 11.0 Å². The average molecular weight is 409 g/mol. The summed E-state index contributed by atoms with van der Waals surface area (Å²) in [5.41, 5.74) is 2.46. The number of aromatic nitrogens is 2. The SMILES string of the molecule is CCOc1ccc(CNc2nc3ccccc3nc2C(=O)OCC(C)C)cc1OC. The van der Waals surface area contributed by atoms with Gasteiger partial charge in [-0.2, -0.15) is 0 Å². The van der Waals surface area contributed by atoms with Crippen LogP contribution in [0.3, 0.4) is 0 Å². The molecule has 30 heavy (non-hydrogen) atoms. The second-order valence-corrected chi connectivity index (χ2v) is 7.17. The number of nitrogens with one attached hydrogen (secondary N) is 1. The minimum absolute atomic E-state index is 0.173. The second kappa shape index (κ2) is 9.91. The van der Waals surface area contributed by atoms with Crippen molar-refractivity contribution in [3.8, 4) is 11.5 Å². The van der Waals surface area contributed by atoms with Gasteiger partial charge in [-0.15, -0.1) is 0 Å². The molecule has 3 rings (SSSR count). The number of ether oxygens (including phenoxy) is 3. The summed E-state index contributed by atoms with van der Waals surface area (Å²) in [6.07, 6.45) is 0. The molecular weight excluding hydrogens is 382 g/mol. The highest BCUT2D eigenvalue weighted by molar-refractivity contribution is 5.95. The summed E-state index contributed by atoms with van der Waals surface area (Å²) in [7, 11) is 1.60. The Morgan fingerprint density at radius 3 is 2.47 bits per heavy atom. The van der Waals surface area contributed by atoms with Crippen LogP contribution in [0.2, 0.25) is 0 Å². The van der Waals surface area contributed by atoms with Crippen molar-refractivity contribution in [2.24, 2.45) is 5.92 Å². The van der Waals surface area contributed by atoms with Crippen LogP contribution in [0.1, 0.15) is 36.8 Å². The van der Waals surface area contributed by atoms with E-state index >= 15 is 0 Å². The van der Waals surface area contributed by atoms with Crippen LogP contribution in [-0.4, -0.2) is 36.3 Å². The highest BCUT2D eigenvalue weighted by atomic mass is 16.5. The number of hydrogen-bond donors (Lipinski definition) is 1. The Kier molecular flexibility index (Phi) is 7.06. The molecule has 0 aliphatic rings. The van der Waals surface area contributed by atoms with Crippen LogP contribution in [0.15, 0.2) is 42.5 Å². The van der Waals surface area contributed by atoms with Gasteiger partial charge in [-0.05, 0) is 42.7 Å². The fourth-order valence-electron chi connectivity index (χ4n) is 2.86. The Labute approximate surface area is 176 Å². The average Bonchev–Trinajstić information content (AvgIpc) is 2.76. The van der Waals surface area contributed by atoms with Crippen LogP contribution < -0.4 is 14.8 Å². The van der Waals surface area contributed by atoms with Crippen molar-refractivity contribution >= 4 is 22.8 Å². The van der Waals surface area contributed by atoms with Gasteiger partial charge in [-0.1, -0.05) is 32.0 Å². The van der Waals surface area contributed by atoms with E-state index in [-0.39, 0.29) is 11.6 Å². The zero-order valence-electron chi connectivity index (χ0n) is 17.8. The number of hydrogen-bond acceptors (Lipinski definition) is 7. The highest BCUT2D eigenvalue weighted by Crippen LogP contribution is 2.28. The molecule has 0 amide bonds. The zero-order chi connectivity index (χ0) is 21.5. The summed E-state index contributed by atoms with van der Waals surface area (Å²) in [6.45, 7) is 7.20. The van der Waals surface area contributed by atoms with Gasteiger partial charge < -0.3 is 19.5 Å². The van der Waals surface area contributed by atoms with Crippen molar-refractivity contribution in [2.45, 2.75) is 27.3 Å². The van der Waals surface area contributed by atoms with Crippen molar-refractivity contribution in [1.82, 2.24) is 9.97 Å². The molecule has 1 N–H and O–H groups in total. The van der Waals surface area contributed by atoms with Gasteiger partial charge in [-0.25, -0.2) is 14.8 Å². The van der Waals surface area contributed by atoms with Gasteiger partial charge in [0.05, 0.1) is 31.4 Å². The molecule has 0 aliphatic carbocycles. The summed E-state index contributed by atoms with van der Waals surface area (Å²) in [6, 6.07) is 13.1. The van der Waals surface area contributed by atoms with Crippen molar-refractivity contribution in [3.05, 3.63) is 53.7 Å². The molecular formula is C23H27N3O4. The maximum Gasteiger partial charge on any atom is 0.360 e. The van der Waals surface area contributed by atoms with E-state index < -0.39 is 5.97 Å². The fourth-order valence-corrected chi connectivity index (χ4v) is 2.86. The number of esters is 1. The van der Waals surface area contributed by atoms with Gasteiger partial charge in [0.25, 0.3) is 0 Å². The predicted molar refractivity (Wildman–Crippen MR) is 116 cm³/mol. The summed E-state index contributed by atoms with van der Waals surface area (Å²) >= 11 is 0. The molecule has 0 atom stereocenters. The number of carbonyl (C=O) groups excluding carboxylic acids is 1. The first kappa shape index (κ1) is 21.4. The summed E-state index contributed by atoms with van der Waals surface area (Å²) < 4.78 is 16.4. The Morgan fingerprint density at radius 1 is 1.07 bits per heavy atom. The second-order valence-electron chi connectivity index (χ2n) is 7.17. The number of anilines is 1. The molecule has 0 unspecified atom stereocenters. The normalized spacial score (nSPS) is 10.8. The molecule has 0 aliphatic heterocycles. The number of fused-ring (bicyclic) bond motifs is 1. The molecule has 0 bridgehead atoms. The zero-order valence-corrected chi connectivity index (χ0v) is 17.8.